The molecule has 1 saturated heterocycles. The van der Waals surface area contributed by atoms with Crippen LogP contribution in [-0.2, 0) is 9.53 Å². The van der Waals surface area contributed by atoms with Crippen LogP contribution in [0.15, 0.2) is 18.2 Å². The molecular weight excluding hydrogens is 298 g/mol. The summed E-state index contributed by atoms with van der Waals surface area (Å²) < 4.78 is 35.6. The number of halogens is 2. The summed E-state index contributed by atoms with van der Waals surface area (Å²) in [6, 6.07) is 2.86. The lowest BCUT2D eigenvalue weighted by Crippen LogP contribution is -2.62. The number of nitrogens with one attached hydrogen (secondary N) is 1. The molecular formula is C14H16F2N2O4. The zero-order valence-corrected chi connectivity index (χ0v) is 12.1. The van der Waals surface area contributed by atoms with Gasteiger partial charge in [-0.2, -0.15) is 0 Å². The lowest BCUT2D eigenvalue weighted by molar-refractivity contribution is -0.129. The highest BCUT2D eigenvalue weighted by molar-refractivity contribution is 5.81. The maximum absolute atomic E-state index is 13.1. The molecule has 6 nitrogen and oxygen atoms in total. The summed E-state index contributed by atoms with van der Waals surface area (Å²) in [6.45, 7) is 2.21. The number of hydrogen-bond acceptors (Lipinski definition) is 4. The second kappa shape index (κ2) is 6.59. The summed E-state index contributed by atoms with van der Waals surface area (Å²) in [5.41, 5.74) is 0. The quantitative estimate of drug-likeness (QED) is 0.909. The largest absolute Gasteiger partial charge is 0.481 e. The van der Waals surface area contributed by atoms with Gasteiger partial charge in [-0.3, -0.25) is 4.79 Å². The zero-order valence-electron chi connectivity index (χ0n) is 12.1. The van der Waals surface area contributed by atoms with Crippen LogP contribution in [0.5, 0.6) is 5.75 Å². The highest BCUT2D eigenvalue weighted by Crippen LogP contribution is 2.17. The molecule has 1 heterocycles. The maximum atomic E-state index is 13.1. The fraction of sp³-hybridized carbons (Fsp3) is 0.429. The molecule has 0 saturated carbocycles. The van der Waals surface area contributed by atoms with Crippen molar-refractivity contribution < 1.29 is 27.8 Å². The molecule has 1 aliphatic heterocycles. The molecule has 8 heteroatoms. The Morgan fingerprint density at radius 1 is 1.32 bits per heavy atom. The predicted octanol–water partition coefficient (Wildman–Crippen LogP) is 1.30. The number of carbonyl (C=O) groups is 2. The number of rotatable bonds is 4. The number of likely N-dealkylation sites (tertiary alicyclic amines) is 1. The summed E-state index contributed by atoms with van der Waals surface area (Å²) in [5.74, 6) is -2.37. The summed E-state index contributed by atoms with van der Waals surface area (Å²) in [6.07, 6.45) is -1.33. The maximum Gasteiger partial charge on any atom is 0.409 e. The number of methoxy groups -OCH3 is 1. The van der Waals surface area contributed by atoms with E-state index in [9.17, 15) is 18.4 Å². The van der Waals surface area contributed by atoms with Gasteiger partial charge in [0.05, 0.1) is 13.2 Å². The molecule has 2 rings (SSSR count). The smallest absolute Gasteiger partial charge is 0.409 e. The Bertz CT molecular complexity index is 576. The Morgan fingerprint density at radius 2 is 2.00 bits per heavy atom. The first-order valence-corrected chi connectivity index (χ1v) is 6.65. The van der Waals surface area contributed by atoms with Crippen LogP contribution in [0.2, 0.25) is 0 Å². The molecule has 22 heavy (non-hydrogen) atoms. The molecule has 1 aromatic rings. The van der Waals surface area contributed by atoms with Crippen LogP contribution < -0.4 is 10.1 Å². The Hall–Kier alpha value is -2.38. The van der Waals surface area contributed by atoms with E-state index in [4.69, 9.17) is 4.74 Å². The number of amides is 2. The first kappa shape index (κ1) is 16.0. The molecule has 1 N–H and O–H groups in total. The Morgan fingerprint density at radius 3 is 2.59 bits per heavy atom. The van der Waals surface area contributed by atoms with Gasteiger partial charge in [0.1, 0.15) is 5.75 Å². The molecule has 0 spiro atoms. The Kier molecular flexibility index (Phi) is 4.79. The summed E-state index contributed by atoms with van der Waals surface area (Å²) in [4.78, 5) is 24.5. The van der Waals surface area contributed by atoms with Crippen LogP contribution in [0.1, 0.15) is 6.92 Å². The second-order valence-electron chi connectivity index (χ2n) is 4.92. The van der Waals surface area contributed by atoms with E-state index in [0.717, 1.165) is 12.1 Å². The van der Waals surface area contributed by atoms with E-state index >= 15 is 0 Å². The van der Waals surface area contributed by atoms with Gasteiger partial charge in [-0.25, -0.2) is 13.6 Å². The van der Waals surface area contributed by atoms with E-state index in [-0.39, 0.29) is 11.8 Å². The number of carbonyl (C=O) groups excluding carboxylic acids is 2. The number of benzene rings is 1. The van der Waals surface area contributed by atoms with Crippen molar-refractivity contribution in [2.24, 2.45) is 0 Å². The molecule has 2 amide bonds. The molecule has 1 fully saturated rings. The number of nitrogens with zero attached hydrogens (tertiary/aromatic N) is 1. The van der Waals surface area contributed by atoms with Crippen molar-refractivity contribution in [1.82, 2.24) is 10.2 Å². The van der Waals surface area contributed by atoms with Gasteiger partial charge in [-0.1, -0.05) is 0 Å². The van der Waals surface area contributed by atoms with Gasteiger partial charge < -0.3 is 19.7 Å². The fourth-order valence-corrected chi connectivity index (χ4v) is 1.97. The van der Waals surface area contributed by atoms with Crippen molar-refractivity contribution in [3.63, 3.8) is 0 Å². The van der Waals surface area contributed by atoms with Gasteiger partial charge in [0.25, 0.3) is 5.91 Å². The minimum absolute atomic E-state index is 0.0614. The zero-order chi connectivity index (χ0) is 16.3. The number of hydrogen-bond donors (Lipinski definition) is 1. The topological polar surface area (TPSA) is 67.9 Å². The second-order valence-corrected chi connectivity index (χ2v) is 4.92. The van der Waals surface area contributed by atoms with Gasteiger partial charge in [0.15, 0.2) is 17.7 Å². The molecule has 0 radical (unpaired) electrons. The van der Waals surface area contributed by atoms with E-state index in [2.05, 4.69) is 10.1 Å². The summed E-state index contributed by atoms with van der Waals surface area (Å²) in [5, 5.41) is 2.69. The van der Waals surface area contributed by atoms with Crippen LogP contribution in [0.3, 0.4) is 0 Å². The first-order chi connectivity index (χ1) is 10.4. The van der Waals surface area contributed by atoms with Gasteiger partial charge in [0, 0.05) is 19.2 Å². The van der Waals surface area contributed by atoms with Crippen LogP contribution in [-0.4, -0.2) is 49.2 Å². The highest BCUT2D eigenvalue weighted by atomic mass is 19.2. The average Bonchev–Trinajstić information content (AvgIpc) is 2.45. The number of ether oxygens (including phenoxy) is 2. The van der Waals surface area contributed by atoms with Crippen LogP contribution in [0, 0.1) is 11.6 Å². The van der Waals surface area contributed by atoms with Gasteiger partial charge in [-0.05, 0) is 19.1 Å². The molecule has 0 bridgehead atoms. The van der Waals surface area contributed by atoms with Crippen molar-refractivity contribution in [3.8, 4) is 5.75 Å². The molecule has 120 valence electrons. The van der Waals surface area contributed by atoms with Crippen molar-refractivity contribution in [1.29, 1.82) is 0 Å². The average molecular weight is 314 g/mol. The third kappa shape index (κ3) is 3.63. The molecule has 0 unspecified atom stereocenters. The van der Waals surface area contributed by atoms with Gasteiger partial charge >= 0.3 is 6.09 Å². The van der Waals surface area contributed by atoms with E-state index in [1.54, 1.807) is 0 Å². The van der Waals surface area contributed by atoms with Crippen LogP contribution >= 0.6 is 0 Å². The highest BCUT2D eigenvalue weighted by Gasteiger charge is 2.33. The van der Waals surface area contributed by atoms with E-state index in [1.807, 2.05) is 0 Å². The van der Waals surface area contributed by atoms with Crippen molar-refractivity contribution in [2.45, 2.75) is 19.1 Å². The van der Waals surface area contributed by atoms with E-state index < -0.39 is 29.7 Å². The fourth-order valence-electron chi connectivity index (χ4n) is 1.97. The summed E-state index contributed by atoms with van der Waals surface area (Å²) >= 11 is 0. The molecule has 1 aliphatic rings. The van der Waals surface area contributed by atoms with Gasteiger partial charge in [0.2, 0.25) is 0 Å². The summed E-state index contributed by atoms with van der Waals surface area (Å²) in [7, 11) is 1.28. The molecule has 1 atom stereocenters. The monoisotopic (exact) mass is 314 g/mol. The van der Waals surface area contributed by atoms with Crippen molar-refractivity contribution >= 4 is 12.0 Å². The lowest BCUT2D eigenvalue weighted by Gasteiger charge is -2.38. The third-order valence-corrected chi connectivity index (χ3v) is 3.23. The SMILES string of the molecule is COC(=O)N1CC(NC(=O)[C@@H](C)Oc2ccc(F)c(F)c2)C1. The first-order valence-electron chi connectivity index (χ1n) is 6.65. The standard InChI is InChI=1S/C14H16F2N2O4/c1-8(22-10-3-4-11(15)12(16)5-10)13(19)17-9-6-18(7-9)14(20)21-2/h3-5,8-9H,6-7H2,1-2H3,(H,17,19)/t8-/m1/s1. The van der Waals surface area contributed by atoms with Crippen LogP contribution in [0.25, 0.3) is 0 Å². The van der Waals surface area contributed by atoms with Gasteiger partial charge in [-0.15, -0.1) is 0 Å². The Balaban J connectivity index is 1.80. The predicted molar refractivity (Wildman–Crippen MR) is 72.4 cm³/mol. The molecule has 1 aromatic carbocycles. The lowest BCUT2D eigenvalue weighted by atomic mass is 10.1. The minimum Gasteiger partial charge on any atom is -0.481 e. The minimum atomic E-state index is -1.04. The van der Waals surface area contributed by atoms with Crippen molar-refractivity contribution in [2.75, 3.05) is 20.2 Å². The molecule has 0 aliphatic carbocycles. The Labute approximate surface area is 126 Å². The van der Waals surface area contributed by atoms with E-state index in [0.29, 0.717) is 13.1 Å². The normalized spacial score (nSPS) is 15.7. The van der Waals surface area contributed by atoms with E-state index in [1.165, 1.54) is 25.0 Å². The molecule has 0 aromatic heterocycles. The van der Waals surface area contributed by atoms with Crippen LogP contribution in [0.4, 0.5) is 13.6 Å². The van der Waals surface area contributed by atoms with Crippen molar-refractivity contribution in [3.05, 3.63) is 29.8 Å². The third-order valence-electron chi connectivity index (χ3n) is 3.23.